The Labute approximate surface area is 206 Å². The van der Waals surface area contributed by atoms with E-state index in [1.165, 1.54) is 18.2 Å². The predicted molar refractivity (Wildman–Crippen MR) is 130 cm³/mol. The topological polar surface area (TPSA) is 92.8 Å². The Hall–Kier alpha value is -3.33. The number of para-hydroxylation sites is 1. The predicted octanol–water partition coefficient (Wildman–Crippen LogP) is 4.57. The van der Waals surface area contributed by atoms with E-state index in [2.05, 4.69) is 5.32 Å². The highest BCUT2D eigenvalue weighted by Crippen LogP contribution is 2.41. The van der Waals surface area contributed by atoms with Gasteiger partial charge in [0.05, 0.1) is 22.7 Å². The second-order valence-corrected chi connectivity index (χ2v) is 9.94. The van der Waals surface area contributed by atoms with Crippen LogP contribution in [0.5, 0.6) is 0 Å². The molecule has 0 unspecified atom stereocenters. The minimum atomic E-state index is -4.32. The van der Waals surface area contributed by atoms with Gasteiger partial charge < -0.3 is 10.1 Å². The van der Waals surface area contributed by atoms with Crippen molar-refractivity contribution in [2.45, 2.75) is 4.90 Å². The number of methoxy groups -OCH3 is 1. The summed E-state index contributed by atoms with van der Waals surface area (Å²) in [4.78, 5) is 25.8. The summed E-state index contributed by atoms with van der Waals surface area (Å²) in [7, 11) is -3.18. The summed E-state index contributed by atoms with van der Waals surface area (Å²) in [6.45, 7) is -0.684. The third-order valence-electron chi connectivity index (χ3n) is 5.14. The molecule has 0 bridgehead atoms. The second kappa shape index (κ2) is 9.50. The Bertz CT molecular complexity index is 1420. The maximum Gasteiger partial charge on any atom is 0.356 e. The molecule has 1 aliphatic rings. The van der Waals surface area contributed by atoms with Crippen LogP contribution in [0.15, 0.2) is 83.4 Å². The van der Waals surface area contributed by atoms with Crippen molar-refractivity contribution in [1.82, 2.24) is 4.31 Å². The van der Waals surface area contributed by atoms with Gasteiger partial charge in [0, 0.05) is 16.2 Å². The number of hydrogen-bond acceptors (Lipinski definition) is 5. The lowest BCUT2D eigenvalue weighted by Crippen LogP contribution is -2.43. The van der Waals surface area contributed by atoms with Gasteiger partial charge in [0.15, 0.2) is 0 Å². The summed E-state index contributed by atoms with van der Waals surface area (Å²) in [5, 5.41) is 3.16. The van der Waals surface area contributed by atoms with Crippen LogP contribution in [-0.2, 0) is 24.3 Å². The van der Waals surface area contributed by atoms with Crippen molar-refractivity contribution in [1.29, 1.82) is 0 Å². The first-order valence-electron chi connectivity index (χ1n) is 9.99. The van der Waals surface area contributed by atoms with Gasteiger partial charge >= 0.3 is 5.97 Å². The Morgan fingerprint density at radius 3 is 2.32 bits per heavy atom. The number of halogens is 2. The molecule has 1 heterocycles. The highest BCUT2D eigenvalue weighted by atomic mass is 35.5. The van der Waals surface area contributed by atoms with Crippen molar-refractivity contribution < 1.29 is 22.7 Å². The Balaban J connectivity index is 1.91. The fourth-order valence-corrected chi connectivity index (χ4v) is 5.62. The highest BCUT2D eigenvalue weighted by molar-refractivity contribution is 7.89. The number of carbonyl (C=O) groups excluding carboxylic acids is 2. The molecule has 0 fully saturated rings. The molecule has 34 heavy (non-hydrogen) atoms. The maximum atomic E-state index is 13.6. The molecular weight excluding hydrogens is 499 g/mol. The maximum absolute atomic E-state index is 13.6. The van der Waals surface area contributed by atoms with E-state index in [9.17, 15) is 18.0 Å². The van der Waals surface area contributed by atoms with Gasteiger partial charge in [-0.05, 0) is 35.9 Å². The van der Waals surface area contributed by atoms with Crippen LogP contribution < -0.4 is 5.32 Å². The van der Waals surface area contributed by atoms with E-state index in [1.54, 1.807) is 54.6 Å². The molecule has 174 valence electrons. The standard InChI is InChI=1S/C24H18Cl2N2O5S/c1-33-24(30)23-22(15-7-3-2-4-8-15)17-13-16(25)11-12-20(17)34(31,32)28(23)14-21(29)27-19-10-6-5-9-18(19)26/h2-13H,14H2,1H3,(H,27,29). The quantitative estimate of drug-likeness (QED) is 0.501. The van der Waals surface area contributed by atoms with Crippen LogP contribution >= 0.6 is 23.2 Å². The second-order valence-electron chi connectivity index (χ2n) is 7.26. The van der Waals surface area contributed by atoms with Crippen molar-refractivity contribution in [3.8, 4) is 0 Å². The molecule has 3 aromatic rings. The number of hydrogen-bond donors (Lipinski definition) is 1. The molecule has 1 aliphatic heterocycles. The number of carbonyl (C=O) groups is 2. The van der Waals surface area contributed by atoms with E-state index < -0.39 is 28.4 Å². The Kier molecular flexibility index (Phi) is 6.65. The van der Waals surface area contributed by atoms with Crippen molar-refractivity contribution in [2.75, 3.05) is 19.0 Å². The molecule has 0 aliphatic carbocycles. The van der Waals surface area contributed by atoms with Crippen LogP contribution in [0.2, 0.25) is 10.0 Å². The summed E-state index contributed by atoms with van der Waals surface area (Å²) in [5.41, 5.74) is 1.09. The lowest BCUT2D eigenvalue weighted by atomic mass is 9.95. The number of esters is 1. The van der Waals surface area contributed by atoms with E-state index in [1.807, 2.05) is 0 Å². The molecule has 10 heteroatoms. The minimum Gasteiger partial charge on any atom is -0.464 e. The molecule has 4 rings (SSSR count). The molecule has 1 amide bonds. The van der Waals surface area contributed by atoms with Gasteiger partial charge in [0.25, 0.3) is 10.0 Å². The molecule has 0 saturated heterocycles. The number of nitrogens with zero attached hydrogens (tertiary/aromatic N) is 1. The number of rotatable bonds is 5. The van der Waals surface area contributed by atoms with E-state index in [0.29, 0.717) is 11.3 Å². The number of amides is 1. The third-order valence-corrected chi connectivity index (χ3v) is 7.51. The van der Waals surface area contributed by atoms with E-state index in [-0.39, 0.29) is 31.8 Å². The normalized spacial score (nSPS) is 14.4. The first-order chi connectivity index (χ1) is 16.2. The number of anilines is 1. The Morgan fingerprint density at radius 1 is 0.971 bits per heavy atom. The van der Waals surface area contributed by atoms with Gasteiger partial charge in [-0.3, -0.25) is 4.79 Å². The molecule has 0 aromatic heterocycles. The van der Waals surface area contributed by atoms with Crippen LogP contribution in [0, 0.1) is 0 Å². The molecule has 0 radical (unpaired) electrons. The monoisotopic (exact) mass is 516 g/mol. The number of fused-ring (bicyclic) bond motifs is 1. The van der Waals surface area contributed by atoms with E-state index in [0.717, 1.165) is 11.4 Å². The summed E-state index contributed by atoms with van der Waals surface area (Å²) in [6, 6.07) is 19.5. The third kappa shape index (κ3) is 4.40. The summed E-state index contributed by atoms with van der Waals surface area (Å²) >= 11 is 12.3. The molecular formula is C24H18Cl2N2O5S. The number of ether oxygens (including phenoxy) is 1. The SMILES string of the molecule is COC(=O)C1=C(c2ccccc2)c2cc(Cl)ccc2S(=O)(=O)N1CC(=O)Nc1ccccc1Cl. The summed E-state index contributed by atoms with van der Waals surface area (Å²) in [6.07, 6.45) is 0. The van der Waals surface area contributed by atoms with Crippen LogP contribution in [0.4, 0.5) is 5.69 Å². The average molecular weight is 517 g/mol. The number of nitrogens with one attached hydrogen (secondary N) is 1. The lowest BCUT2D eigenvalue weighted by molar-refractivity contribution is -0.137. The zero-order valence-electron chi connectivity index (χ0n) is 17.8. The smallest absolute Gasteiger partial charge is 0.356 e. The van der Waals surface area contributed by atoms with E-state index in [4.69, 9.17) is 27.9 Å². The first kappa shape index (κ1) is 23.8. The Morgan fingerprint density at radius 2 is 1.65 bits per heavy atom. The molecule has 0 atom stereocenters. The molecule has 0 spiro atoms. The van der Waals surface area contributed by atoms with Crippen molar-refractivity contribution in [3.63, 3.8) is 0 Å². The van der Waals surface area contributed by atoms with Gasteiger partial charge in [-0.1, -0.05) is 65.7 Å². The number of benzene rings is 3. The van der Waals surface area contributed by atoms with Crippen molar-refractivity contribution in [3.05, 3.63) is 99.7 Å². The van der Waals surface area contributed by atoms with Crippen LogP contribution in [0.1, 0.15) is 11.1 Å². The van der Waals surface area contributed by atoms with Gasteiger partial charge in [-0.15, -0.1) is 0 Å². The minimum absolute atomic E-state index is 0.0889. The number of sulfonamides is 1. The van der Waals surface area contributed by atoms with Crippen LogP contribution in [0.25, 0.3) is 5.57 Å². The van der Waals surface area contributed by atoms with Gasteiger partial charge in [-0.25, -0.2) is 17.5 Å². The van der Waals surface area contributed by atoms with Gasteiger partial charge in [0.1, 0.15) is 12.2 Å². The molecule has 0 saturated carbocycles. The van der Waals surface area contributed by atoms with Crippen LogP contribution in [0.3, 0.4) is 0 Å². The largest absolute Gasteiger partial charge is 0.464 e. The van der Waals surface area contributed by atoms with Crippen molar-refractivity contribution >= 4 is 56.4 Å². The summed E-state index contributed by atoms with van der Waals surface area (Å²) in [5.74, 6) is -1.61. The lowest BCUT2D eigenvalue weighted by Gasteiger charge is -2.33. The first-order valence-corrected chi connectivity index (χ1v) is 12.2. The van der Waals surface area contributed by atoms with Crippen LogP contribution in [-0.4, -0.2) is 38.3 Å². The fourth-order valence-electron chi connectivity index (χ4n) is 3.66. The summed E-state index contributed by atoms with van der Waals surface area (Å²) < 4.78 is 32.9. The van der Waals surface area contributed by atoms with Gasteiger partial charge in [-0.2, -0.15) is 0 Å². The van der Waals surface area contributed by atoms with Gasteiger partial charge in [0.2, 0.25) is 5.91 Å². The van der Waals surface area contributed by atoms with Crippen molar-refractivity contribution in [2.24, 2.45) is 0 Å². The molecule has 7 nitrogen and oxygen atoms in total. The zero-order chi connectivity index (χ0) is 24.5. The fraction of sp³-hybridized carbons (Fsp3) is 0.0833. The zero-order valence-corrected chi connectivity index (χ0v) is 20.1. The highest BCUT2D eigenvalue weighted by Gasteiger charge is 2.41. The van der Waals surface area contributed by atoms with E-state index >= 15 is 0 Å². The molecule has 1 N–H and O–H groups in total. The average Bonchev–Trinajstić information content (AvgIpc) is 2.82. The molecule has 3 aromatic carbocycles.